The van der Waals surface area contributed by atoms with Crippen LogP contribution in [-0.2, 0) is 14.3 Å². The van der Waals surface area contributed by atoms with Gasteiger partial charge in [0, 0.05) is 13.0 Å². The van der Waals surface area contributed by atoms with E-state index in [1.165, 1.54) is 4.90 Å². The molecular weight excluding hydrogens is 272 g/mol. The maximum absolute atomic E-state index is 12.2. The van der Waals surface area contributed by atoms with E-state index in [0.29, 0.717) is 25.8 Å². The Kier molecular flexibility index (Phi) is 6.01. The maximum Gasteiger partial charge on any atom is 0.411 e. The van der Waals surface area contributed by atoms with Gasteiger partial charge >= 0.3 is 12.1 Å². The fraction of sp³-hybridized carbons (Fsp3) is 0.800. The molecule has 1 saturated heterocycles. The van der Waals surface area contributed by atoms with Gasteiger partial charge < -0.3 is 9.47 Å². The van der Waals surface area contributed by atoms with Crippen molar-refractivity contribution in [3.63, 3.8) is 0 Å². The number of ether oxygens (including phenoxy) is 2. The SMILES string of the molecule is CCOC(=O)[C@H]1C[C@@H](CC#N)CCN1C(=O)OC(C)(C)C. The van der Waals surface area contributed by atoms with Crippen molar-refractivity contribution in [2.45, 2.75) is 58.6 Å². The number of likely N-dealkylation sites (tertiary alicyclic amines) is 1. The highest BCUT2D eigenvalue weighted by Crippen LogP contribution is 2.27. The summed E-state index contributed by atoms with van der Waals surface area (Å²) in [5.74, 6) is -0.311. The number of amides is 1. The minimum absolute atomic E-state index is 0.114. The molecule has 0 spiro atoms. The van der Waals surface area contributed by atoms with Crippen molar-refractivity contribution in [2.24, 2.45) is 5.92 Å². The number of hydrogen-bond acceptors (Lipinski definition) is 5. The molecule has 1 heterocycles. The van der Waals surface area contributed by atoms with Crippen LogP contribution in [-0.4, -0.2) is 41.8 Å². The minimum Gasteiger partial charge on any atom is -0.464 e. The van der Waals surface area contributed by atoms with Gasteiger partial charge in [0.2, 0.25) is 0 Å². The van der Waals surface area contributed by atoms with Gasteiger partial charge in [0.05, 0.1) is 12.7 Å². The number of carbonyl (C=O) groups is 2. The van der Waals surface area contributed by atoms with Crippen molar-refractivity contribution in [1.29, 1.82) is 5.26 Å². The van der Waals surface area contributed by atoms with E-state index in [1.807, 2.05) is 0 Å². The van der Waals surface area contributed by atoms with Gasteiger partial charge in [-0.3, -0.25) is 4.90 Å². The Balaban J connectivity index is 2.82. The highest BCUT2D eigenvalue weighted by atomic mass is 16.6. The Morgan fingerprint density at radius 3 is 2.57 bits per heavy atom. The Morgan fingerprint density at radius 2 is 2.05 bits per heavy atom. The molecule has 0 bridgehead atoms. The second-order valence-electron chi connectivity index (χ2n) is 6.19. The summed E-state index contributed by atoms with van der Waals surface area (Å²) in [6, 6.07) is 1.46. The molecule has 1 rings (SSSR count). The van der Waals surface area contributed by atoms with E-state index < -0.39 is 23.7 Å². The Hall–Kier alpha value is -1.77. The molecule has 1 amide bonds. The van der Waals surface area contributed by atoms with E-state index in [1.54, 1.807) is 27.7 Å². The van der Waals surface area contributed by atoms with Gasteiger partial charge in [0.25, 0.3) is 0 Å². The van der Waals surface area contributed by atoms with Gasteiger partial charge in [-0.1, -0.05) is 0 Å². The Labute approximate surface area is 126 Å². The highest BCUT2D eigenvalue weighted by Gasteiger charge is 2.38. The van der Waals surface area contributed by atoms with Crippen LogP contribution in [0, 0.1) is 17.2 Å². The van der Waals surface area contributed by atoms with Crippen molar-refractivity contribution < 1.29 is 19.1 Å². The molecule has 118 valence electrons. The van der Waals surface area contributed by atoms with Crippen LogP contribution in [0.25, 0.3) is 0 Å². The lowest BCUT2D eigenvalue weighted by Crippen LogP contribution is -2.52. The molecule has 1 fully saturated rings. The monoisotopic (exact) mass is 296 g/mol. The van der Waals surface area contributed by atoms with Crippen LogP contribution in [0.15, 0.2) is 0 Å². The topological polar surface area (TPSA) is 79.6 Å². The lowest BCUT2D eigenvalue weighted by molar-refractivity contribution is -0.151. The van der Waals surface area contributed by atoms with Gasteiger partial charge in [-0.25, -0.2) is 9.59 Å². The number of esters is 1. The number of carbonyl (C=O) groups excluding carboxylic acids is 2. The summed E-state index contributed by atoms with van der Waals surface area (Å²) in [6.45, 7) is 7.75. The highest BCUT2D eigenvalue weighted by molar-refractivity contribution is 5.81. The van der Waals surface area contributed by atoms with Gasteiger partial charge in [0.15, 0.2) is 0 Å². The van der Waals surface area contributed by atoms with Crippen LogP contribution in [0.3, 0.4) is 0 Å². The summed E-state index contributed by atoms with van der Waals surface area (Å²) in [6.07, 6.45) is 1.03. The second-order valence-corrected chi connectivity index (χ2v) is 6.19. The molecule has 0 aromatic heterocycles. The van der Waals surface area contributed by atoms with E-state index in [2.05, 4.69) is 6.07 Å². The molecule has 0 aromatic rings. The lowest BCUT2D eigenvalue weighted by Gasteiger charge is -2.38. The van der Waals surface area contributed by atoms with E-state index in [4.69, 9.17) is 14.7 Å². The molecule has 0 aromatic carbocycles. The summed E-state index contributed by atoms with van der Waals surface area (Å²) >= 11 is 0. The third-order valence-electron chi connectivity index (χ3n) is 3.28. The summed E-state index contributed by atoms with van der Waals surface area (Å²) < 4.78 is 10.4. The Bertz CT molecular complexity index is 422. The first-order chi connectivity index (χ1) is 9.78. The molecule has 0 unspecified atom stereocenters. The van der Waals surface area contributed by atoms with E-state index in [9.17, 15) is 9.59 Å². The van der Waals surface area contributed by atoms with Crippen molar-refractivity contribution in [3.8, 4) is 6.07 Å². The second kappa shape index (κ2) is 7.30. The van der Waals surface area contributed by atoms with Crippen LogP contribution in [0.1, 0.15) is 47.0 Å². The quantitative estimate of drug-likeness (QED) is 0.747. The van der Waals surface area contributed by atoms with Crippen molar-refractivity contribution in [1.82, 2.24) is 4.90 Å². The maximum atomic E-state index is 12.2. The largest absolute Gasteiger partial charge is 0.464 e. The number of piperidine rings is 1. The average Bonchev–Trinajstić information content (AvgIpc) is 2.37. The summed E-state index contributed by atoms with van der Waals surface area (Å²) in [7, 11) is 0. The first-order valence-electron chi connectivity index (χ1n) is 7.31. The number of hydrogen-bond donors (Lipinski definition) is 0. The van der Waals surface area contributed by atoms with Crippen LogP contribution in [0.4, 0.5) is 4.79 Å². The van der Waals surface area contributed by atoms with E-state index >= 15 is 0 Å². The molecule has 0 radical (unpaired) electrons. The molecule has 1 aliphatic rings. The molecule has 0 aliphatic carbocycles. The summed E-state index contributed by atoms with van der Waals surface area (Å²) in [5, 5.41) is 8.80. The fourth-order valence-electron chi connectivity index (χ4n) is 2.35. The third kappa shape index (κ3) is 5.25. The smallest absolute Gasteiger partial charge is 0.411 e. The van der Waals surface area contributed by atoms with Gasteiger partial charge in [-0.2, -0.15) is 5.26 Å². The molecule has 6 heteroatoms. The third-order valence-corrected chi connectivity index (χ3v) is 3.28. The normalized spacial score (nSPS) is 22.3. The zero-order valence-electron chi connectivity index (χ0n) is 13.2. The van der Waals surface area contributed by atoms with Gasteiger partial charge in [-0.05, 0) is 46.5 Å². The van der Waals surface area contributed by atoms with E-state index in [0.717, 1.165) is 0 Å². The molecular formula is C15H24N2O4. The predicted octanol–water partition coefficient (Wildman–Crippen LogP) is 2.48. The number of nitrogens with zero attached hydrogens (tertiary/aromatic N) is 2. The molecule has 2 atom stereocenters. The average molecular weight is 296 g/mol. The molecule has 0 saturated carbocycles. The van der Waals surface area contributed by atoms with E-state index in [-0.39, 0.29) is 12.5 Å². The number of nitriles is 1. The molecule has 0 N–H and O–H groups in total. The first-order valence-corrected chi connectivity index (χ1v) is 7.31. The minimum atomic E-state index is -0.660. The fourth-order valence-corrected chi connectivity index (χ4v) is 2.35. The molecule has 1 aliphatic heterocycles. The van der Waals surface area contributed by atoms with Gasteiger partial charge in [-0.15, -0.1) is 0 Å². The molecule has 21 heavy (non-hydrogen) atoms. The van der Waals surface area contributed by atoms with Crippen molar-refractivity contribution in [2.75, 3.05) is 13.2 Å². The van der Waals surface area contributed by atoms with Crippen molar-refractivity contribution in [3.05, 3.63) is 0 Å². The predicted molar refractivity (Wildman–Crippen MR) is 76.3 cm³/mol. The van der Waals surface area contributed by atoms with Crippen LogP contribution in [0.2, 0.25) is 0 Å². The lowest BCUT2D eigenvalue weighted by atomic mass is 9.89. The van der Waals surface area contributed by atoms with Gasteiger partial charge in [0.1, 0.15) is 11.6 Å². The Morgan fingerprint density at radius 1 is 1.38 bits per heavy atom. The van der Waals surface area contributed by atoms with Crippen LogP contribution in [0.5, 0.6) is 0 Å². The van der Waals surface area contributed by atoms with Crippen LogP contribution >= 0.6 is 0 Å². The zero-order valence-corrected chi connectivity index (χ0v) is 13.2. The summed E-state index contributed by atoms with van der Waals surface area (Å²) in [4.78, 5) is 25.7. The zero-order chi connectivity index (χ0) is 16.0. The summed E-state index contributed by atoms with van der Waals surface area (Å²) in [5.41, 5.74) is -0.611. The standard InChI is InChI=1S/C15H24N2O4/c1-5-20-13(18)12-10-11(6-8-16)7-9-17(12)14(19)21-15(2,3)4/h11-12H,5-7,9-10H2,1-4H3/t11-,12+/m0/s1. The van der Waals surface area contributed by atoms with Crippen LogP contribution < -0.4 is 0 Å². The molecule has 6 nitrogen and oxygen atoms in total. The first kappa shape index (κ1) is 17.3. The number of rotatable bonds is 3. The van der Waals surface area contributed by atoms with Crippen molar-refractivity contribution >= 4 is 12.1 Å².